The highest BCUT2D eigenvalue weighted by Gasteiger charge is 2.26. The van der Waals surface area contributed by atoms with Crippen molar-refractivity contribution in [2.24, 2.45) is 11.8 Å². The van der Waals surface area contributed by atoms with Crippen LogP contribution in [0.1, 0.15) is 25.8 Å². The average molecular weight is 244 g/mol. The van der Waals surface area contributed by atoms with Crippen LogP contribution in [0.15, 0.2) is 24.3 Å². The van der Waals surface area contributed by atoms with Crippen LogP contribution in [0.5, 0.6) is 0 Å². The maximum atomic E-state index is 3.67. The Hall–Kier alpha value is -1.02. The summed E-state index contributed by atoms with van der Waals surface area (Å²) >= 11 is 0. The molecule has 1 aromatic carbocycles. The molecule has 0 aliphatic carbocycles. The zero-order valence-electron chi connectivity index (χ0n) is 11.5. The lowest BCUT2D eigenvalue weighted by Crippen LogP contribution is -2.44. The van der Waals surface area contributed by atoms with Crippen molar-refractivity contribution in [3.05, 3.63) is 29.8 Å². The molecule has 2 aliphatic rings. The van der Waals surface area contributed by atoms with Crippen molar-refractivity contribution in [2.45, 2.75) is 32.7 Å². The van der Waals surface area contributed by atoms with Crippen LogP contribution >= 0.6 is 0 Å². The van der Waals surface area contributed by atoms with E-state index in [4.69, 9.17) is 0 Å². The molecule has 18 heavy (non-hydrogen) atoms. The van der Waals surface area contributed by atoms with Gasteiger partial charge in [0.25, 0.3) is 0 Å². The largest absolute Gasteiger partial charge is 0.380 e. The maximum Gasteiger partial charge on any atom is 0.0429 e. The normalized spacial score (nSPS) is 32.0. The molecule has 1 saturated heterocycles. The van der Waals surface area contributed by atoms with Crippen molar-refractivity contribution in [1.82, 2.24) is 4.90 Å². The summed E-state index contributed by atoms with van der Waals surface area (Å²) in [7, 11) is 0. The Morgan fingerprint density at radius 1 is 1.17 bits per heavy atom. The van der Waals surface area contributed by atoms with Gasteiger partial charge in [-0.2, -0.15) is 0 Å². The number of likely N-dealkylation sites (tertiary alicyclic amines) is 1. The smallest absolute Gasteiger partial charge is 0.0429 e. The van der Waals surface area contributed by atoms with Crippen LogP contribution in [0, 0.1) is 11.8 Å². The highest BCUT2D eigenvalue weighted by molar-refractivity contribution is 5.56. The van der Waals surface area contributed by atoms with Crippen molar-refractivity contribution < 1.29 is 0 Å². The molecule has 2 nitrogen and oxygen atoms in total. The summed E-state index contributed by atoms with van der Waals surface area (Å²) in [4.78, 5) is 2.66. The van der Waals surface area contributed by atoms with E-state index in [0.29, 0.717) is 6.04 Å². The second-order valence-corrected chi connectivity index (χ2v) is 6.37. The molecule has 1 N–H and O–H groups in total. The number of rotatable bonds is 2. The molecule has 98 valence electrons. The summed E-state index contributed by atoms with van der Waals surface area (Å²) in [5.74, 6) is 1.72. The first kappa shape index (κ1) is 12.0. The van der Waals surface area contributed by atoms with Gasteiger partial charge in [-0.05, 0) is 36.3 Å². The molecule has 0 radical (unpaired) electrons. The molecule has 0 aromatic heterocycles. The van der Waals surface area contributed by atoms with E-state index >= 15 is 0 Å². The number of nitrogens with zero attached hydrogens (tertiary/aromatic N) is 1. The van der Waals surface area contributed by atoms with Gasteiger partial charge in [-0.15, -0.1) is 0 Å². The van der Waals surface area contributed by atoms with Crippen LogP contribution < -0.4 is 5.32 Å². The zero-order valence-corrected chi connectivity index (χ0v) is 11.5. The first-order chi connectivity index (χ1) is 8.70. The fraction of sp³-hybridized carbons (Fsp3) is 0.625. The van der Waals surface area contributed by atoms with Gasteiger partial charge in [0, 0.05) is 31.4 Å². The van der Waals surface area contributed by atoms with E-state index in [1.807, 2.05) is 0 Å². The first-order valence-corrected chi connectivity index (χ1v) is 7.27. The molecule has 2 heteroatoms. The third kappa shape index (κ3) is 2.54. The lowest BCUT2D eigenvalue weighted by molar-refractivity contribution is 0.137. The molecule has 0 bridgehead atoms. The van der Waals surface area contributed by atoms with Crippen molar-refractivity contribution in [3.8, 4) is 0 Å². The third-order valence-electron chi connectivity index (χ3n) is 4.27. The van der Waals surface area contributed by atoms with E-state index in [0.717, 1.165) is 11.8 Å². The van der Waals surface area contributed by atoms with Crippen LogP contribution in [-0.4, -0.2) is 30.6 Å². The van der Waals surface area contributed by atoms with Gasteiger partial charge in [-0.3, -0.25) is 0 Å². The summed E-state index contributed by atoms with van der Waals surface area (Å²) in [6.45, 7) is 8.53. The van der Waals surface area contributed by atoms with Crippen molar-refractivity contribution >= 4 is 5.69 Å². The van der Waals surface area contributed by atoms with Gasteiger partial charge in [0.1, 0.15) is 0 Å². The summed E-state index contributed by atoms with van der Waals surface area (Å²) in [5.41, 5.74) is 2.83. The summed E-state index contributed by atoms with van der Waals surface area (Å²) in [6, 6.07) is 9.34. The van der Waals surface area contributed by atoms with Gasteiger partial charge < -0.3 is 10.2 Å². The third-order valence-corrected chi connectivity index (χ3v) is 4.27. The van der Waals surface area contributed by atoms with Gasteiger partial charge >= 0.3 is 0 Å². The monoisotopic (exact) mass is 244 g/mol. The molecule has 3 unspecified atom stereocenters. The fourth-order valence-corrected chi connectivity index (χ4v) is 3.74. The molecule has 0 amide bonds. The molecular formula is C16H24N2. The Balaban J connectivity index is 1.59. The topological polar surface area (TPSA) is 15.3 Å². The van der Waals surface area contributed by atoms with Gasteiger partial charge in [-0.25, -0.2) is 0 Å². The Morgan fingerprint density at radius 2 is 1.89 bits per heavy atom. The molecule has 3 atom stereocenters. The number of para-hydroxylation sites is 1. The Bertz CT molecular complexity index is 380. The molecule has 3 rings (SSSR count). The Kier molecular flexibility index (Phi) is 3.29. The number of fused-ring (bicyclic) bond motifs is 1. The fourth-order valence-electron chi connectivity index (χ4n) is 3.74. The second kappa shape index (κ2) is 4.93. The molecule has 0 saturated carbocycles. The first-order valence-electron chi connectivity index (χ1n) is 7.27. The molecule has 2 heterocycles. The lowest BCUT2D eigenvalue weighted by Gasteiger charge is -2.36. The number of anilines is 1. The van der Waals surface area contributed by atoms with Crippen LogP contribution in [0.4, 0.5) is 5.69 Å². The highest BCUT2D eigenvalue weighted by Crippen LogP contribution is 2.27. The highest BCUT2D eigenvalue weighted by atomic mass is 15.2. The molecule has 1 aromatic rings. The Labute approximate surface area is 110 Å². The number of hydrogen-bond donors (Lipinski definition) is 1. The zero-order chi connectivity index (χ0) is 12.5. The van der Waals surface area contributed by atoms with Crippen LogP contribution in [-0.2, 0) is 6.42 Å². The average Bonchev–Trinajstić information content (AvgIpc) is 2.69. The van der Waals surface area contributed by atoms with Crippen LogP contribution in [0.2, 0.25) is 0 Å². The quantitative estimate of drug-likeness (QED) is 0.860. The molecule has 1 fully saturated rings. The van der Waals surface area contributed by atoms with E-state index in [-0.39, 0.29) is 0 Å². The predicted molar refractivity (Wildman–Crippen MR) is 76.9 cm³/mol. The van der Waals surface area contributed by atoms with E-state index in [2.05, 4.69) is 48.3 Å². The number of piperidine rings is 1. The second-order valence-electron chi connectivity index (χ2n) is 6.37. The van der Waals surface area contributed by atoms with Crippen molar-refractivity contribution in [3.63, 3.8) is 0 Å². The van der Waals surface area contributed by atoms with E-state index in [9.17, 15) is 0 Å². The molecular weight excluding hydrogens is 220 g/mol. The van der Waals surface area contributed by atoms with Crippen LogP contribution in [0.3, 0.4) is 0 Å². The van der Waals surface area contributed by atoms with E-state index in [1.54, 1.807) is 0 Å². The van der Waals surface area contributed by atoms with Gasteiger partial charge in [0.2, 0.25) is 0 Å². The van der Waals surface area contributed by atoms with Crippen LogP contribution in [0.25, 0.3) is 0 Å². The van der Waals surface area contributed by atoms with E-state index < -0.39 is 0 Å². The van der Waals surface area contributed by atoms with E-state index in [1.165, 1.54) is 43.7 Å². The van der Waals surface area contributed by atoms with Gasteiger partial charge in [0.05, 0.1) is 0 Å². The minimum atomic E-state index is 0.611. The minimum Gasteiger partial charge on any atom is -0.380 e. The van der Waals surface area contributed by atoms with Gasteiger partial charge in [-0.1, -0.05) is 32.0 Å². The molecule has 0 spiro atoms. The number of benzene rings is 1. The SMILES string of the molecule is CC1CC(C)CN(CC2Cc3ccccc3N2)C1. The van der Waals surface area contributed by atoms with Crippen molar-refractivity contribution in [2.75, 3.05) is 25.0 Å². The Morgan fingerprint density at radius 3 is 2.61 bits per heavy atom. The summed E-state index contributed by atoms with van der Waals surface area (Å²) in [5, 5.41) is 3.67. The maximum absolute atomic E-state index is 3.67. The number of nitrogens with one attached hydrogen (secondary N) is 1. The lowest BCUT2D eigenvalue weighted by atomic mass is 9.91. The number of hydrogen-bond acceptors (Lipinski definition) is 2. The standard InChI is InChI=1S/C16H24N2/c1-12-7-13(2)10-18(9-12)11-15-8-14-5-3-4-6-16(14)17-15/h3-6,12-13,15,17H,7-11H2,1-2H3. The summed E-state index contributed by atoms with van der Waals surface area (Å²) in [6.07, 6.45) is 2.59. The minimum absolute atomic E-state index is 0.611. The molecule has 2 aliphatic heterocycles. The predicted octanol–water partition coefficient (Wildman–Crippen LogP) is 3.00. The summed E-state index contributed by atoms with van der Waals surface area (Å²) < 4.78 is 0. The van der Waals surface area contributed by atoms with Crippen molar-refractivity contribution in [1.29, 1.82) is 0 Å². The van der Waals surface area contributed by atoms with Gasteiger partial charge in [0.15, 0.2) is 0 Å².